The van der Waals surface area contributed by atoms with Crippen LogP contribution in [-0.2, 0) is 19.0 Å². The highest BCUT2D eigenvalue weighted by Crippen LogP contribution is 1.98. The third-order valence-electron chi connectivity index (χ3n) is 1.57. The lowest BCUT2D eigenvalue weighted by Crippen LogP contribution is -2.24. The molecular formula is C11H20O4. The summed E-state index contributed by atoms with van der Waals surface area (Å²) in [5.41, 5.74) is 0. The quantitative estimate of drug-likeness (QED) is 0.351. The Labute approximate surface area is 91.2 Å². The molecular weight excluding hydrogens is 196 g/mol. The predicted octanol–water partition coefficient (Wildman–Crippen LogP) is 1.55. The second kappa shape index (κ2) is 8.44. The van der Waals surface area contributed by atoms with Crippen LogP contribution in [0.15, 0.2) is 12.7 Å². The van der Waals surface area contributed by atoms with Crippen LogP contribution in [0.25, 0.3) is 0 Å². The van der Waals surface area contributed by atoms with E-state index in [1.807, 2.05) is 6.92 Å². The van der Waals surface area contributed by atoms with Crippen LogP contribution in [0.3, 0.4) is 0 Å². The van der Waals surface area contributed by atoms with Gasteiger partial charge in [-0.3, -0.25) is 4.79 Å². The van der Waals surface area contributed by atoms with Gasteiger partial charge in [0.25, 0.3) is 0 Å². The third-order valence-corrected chi connectivity index (χ3v) is 1.57. The summed E-state index contributed by atoms with van der Waals surface area (Å²) >= 11 is 0. The Morgan fingerprint density at radius 2 is 2.00 bits per heavy atom. The van der Waals surface area contributed by atoms with Crippen molar-refractivity contribution < 1.29 is 19.0 Å². The number of ether oxygens (including phenoxy) is 3. The summed E-state index contributed by atoms with van der Waals surface area (Å²) in [4.78, 5) is 10.6. The van der Waals surface area contributed by atoms with Crippen LogP contribution in [0.1, 0.15) is 20.8 Å². The van der Waals surface area contributed by atoms with Gasteiger partial charge in [-0.1, -0.05) is 6.08 Å². The summed E-state index contributed by atoms with van der Waals surface area (Å²) in [6.45, 7) is 10.0. The van der Waals surface area contributed by atoms with Crippen molar-refractivity contribution >= 4 is 5.97 Å². The van der Waals surface area contributed by atoms with Crippen LogP contribution < -0.4 is 0 Å². The van der Waals surface area contributed by atoms with Crippen molar-refractivity contribution in [2.24, 2.45) is 0 Å². The molecule has 0 fully saturated rings. The molecule has 0 heterocycles. The molecule has 4 nitrogen and oxygen atoms in total. The van der Waals surface area contributed by atoms with Gasteiger partial charge in [-0.2, -0.15) is 0 Å². The minimum atomic E-state index is -0.290. The fourth-order valence-corrected chi connectivity index (χ4v) is 0.983. The second-order valence-electron chi connectivity index (χ2n) is 3.39. The molecule has 0 saturated heterocycles. The van der Waals surface area contributed by atoms with Gasteiger partial charge in [0.2, 0.25) is 0 Å². The van der Waals surface area contributed by atoms with E-state index in [-0.39, 0.29) is 18.2 Å². The van der Waals surface area contributed by atoms with Gasteiger partial charge < -0.3 is 14.2 Å². The molecule has 0 aliphatic carbocycles. The Hall–Kier alpha value is -0.870. The maximum atomic E-state index is 10.6. The largest absolute Gasteiger partial charge is 0.460 e. The molecule has 2 atom stereocenters. The summed E-state index contributed by atoms with van der Waals surface area (Å²) in [5.74, 6) is -0.290. The van der Waals surface area contributed by atoms with Crippen LogP contribution in [-0.4, -0.2) is 38.0 Å². The summed E-state index contributed by atoms with van der Waals surface area (Å²) in [6, 6.07) is 0. The van der Waals surface area contributed by atoms with Gasteiger partial charge in [-0.05, 0) is 13.8 Å². The zero-order valence-corrected chi connectivity index (χ0v) is 9.69. The molecule has 0 aliphatic rings. The lowest BCUT2D eigenvalue weighted by atomic mass is 10.4. The first-order valence-electron chi connectivity index (χ1n) is 5.03. The first kappa shape index (κ1) is 14.1. The molecule has 0 radical (unpaired) electrons. The molecule has 0 rings (SSSR count). The Morgan fingerprint density at radius 3 is 2.53 bits per heavy atom. The van der Waals surface area contributed by atoms with Crippen LogP contribution in [0.5, 0.6) is 0 Å². The predicted molar refractivity (Wildman–Crippen MR) is 57.7 cm³/mol. The van der Waals surface area contributed by atoms with Gasteiger partial charge in [-0.25, -0.2) is 0 Å². The van der Waals surface area contributed by atoms with Gasteiger partial charge >= 0.3 is 5.97 Å². The molecule has 4 heteroatoms. The van der Waals surface area contributed by atoms with Gasteiger partial charge in [0.1, 0.15) is 6.10 Å². The molecule has 0 bridgehead atoms. The van der Waals surface area contributed by atoms with E-state index in [9.17, 15) is 4.79 Å². The Balaban J connectivity index is 3.47. The Bertz CT molecular complexity index is 191. The highest BCUT2D eigenvalue weighted by atomic mass is 16.6. The number of hydrogen-bond donors (Lipinski definition) is 0. The molecule has 0 saturated carbocycles. The van der Waals surface area contributed by atoms with Crippen LogP contribution in [0.2, 0.25) is 0 Å². The minimum absolute atomic E-state index is 0.0111. The van der Waals surface area contributed by atoms with Gasteiger partial charge in [0.05, 0.1) is 25.9 Å². The average Bonchev–Trinajstić information content (AvgIpc) is 2.14. The molecule has 0 amide bonds. The Morgan fingerprint density at radius 1 is 1.33 bits per heavy atom. The van der Waals surface area contributed by atoms with Gasteiger partial charge in [0.15, 0.2) is 0 Å². The monoisotopic (exact) mass is 216 g/mol. The SMILES string of the molecule is C=CCOCC(C)OCC(C)OC(C)=O. The van der Waals surface area contributed by atoms with E-state index in [4.69, 9.17) is 14.2 Å². The lowest BCUT2D eigenvalue weighted by molar-refractivity contribution is -0.149. The maximum absolute atomic E-state index is 10.6. The lowest BCUT2D eigenvalue weighted by Gasteiger charge is -2.16. The van der Waals surface area contributed by atoms with Crippen molar-refractivity contribution in [1.29, 1.82) is 0 Å². The smallest absolute Gasteiger partial charge is 0.302 e. The second-order valence-corrected chi connectivity index (χ2v) is 3.39. The summed E-state index contributed by atoms with van der Waals surface area (Å²) in [6.07, 6.45) is 1.46. The topological polar surface area (TPSA) is 44.8 Å². The number of rotatable bonds is 8. The molecule has 15 heavy (non-hydrogen) atoms. The molecule has 0 aromatic rings. The number of esters is 1. The zero-order valence-electron chi connectivity index (χ0n) is 9.69. The highest BCUT2D eigenvalue weighted by Gasteiger charge is 2.08. The fraction of sp³-hybridized carbons (Fsp3) is 0.727. The van der Waals surface area contributed by atoms with Crippen LogP contribution in [0, 0.1) is 0 Å². The van der Waals surface area contributed by atoms with Crippen molar-refractivity contribution in [1.82, 2.24) is 0 Å². The van der Waals surface area contributed by atoms with Gasteiger partial charge in [-0.15, -0.1) is 6.58 Å². The first-order chi connectivity index (χ1) is 7.06. The summed E-state index contributed by atoms with van der Waals surface area (Å²) < 4.78 is 15.5. The van der Waals surface area contributed by atoms with E-state index in [0.717, 1.165) is 0 Å². The Kier molecular flexibility index (Phi) is 7.95. The van der Waals surface area contributed by atoms with E-state index >= 15 is 0 Å². The minimum Gasteiger partial charge on any atom is -0.460 e. The maximum Gasteiger partial charge on any atom is 0.302 e. The van der Waals surface area contributed by atoms with Crippen molar-refractivity contribution in [3.8, 4) is 0 Å². The van der Waals surface area contributed by atoms with E-state index in [1.54, 1.807) is 13.0 Å². The molecule has 0 aliphatic heterocycles. The van der Waals surface area contributed by atoms with Crippen molar-refractivity contribution in [3.63, 3.8) is 0 Å². The normalized spacial score (nSPS) is 14.3. The summed E-state index contributed by atoms with van der Waals surface area (Å²) in [7, 11) is 0. The molecule has 0 aromatic heterocycles. The molecule has 0 aromatic carbocycles. The third kappa shape index (κ3) is 9.43. The summed E-state index contributed by atoms with van der Waals surface area (Å²) in [5, 5.41) is 0. The highest BCUT2D eigenvalue weighted by molar-refractivity contribution is 5.66. The molecule has 2 unspecified atom stereocenters. The van der Waals surface area contributed by atoms with Crippen molar-refractivity contribution in [3.05, 3.63) is 12.7 Å². The molecule has 0 spiro atoms. The van der Waals surface area contributed by atoms with Crippen LogP contribution in [0.4, 0.5) is 0 Å². The number of carbonyl (C=O) groups is 1. The van der Waals surface area contributed by atoms with Crippen molar-refractivity contribution in [2.45, 2.75) is 33.0 Å². The molecule has 88 valence electrons. The van der Waals surface area contributed by atoms with Crippen LogP contribution >= 0.6 is 0 Å². The first-order valence-corrected chi connectivity index (χ1v) is 5.03. The fourth-order valence-electron chi connectivity index (χ4n) is 0.983. The van der Waals surface area contributed by atoms with E-state index in [1.165, 1.54) is 6.92 Å². The average molecular weight is 216 g/mol. The number of carbonyl (C=O) groups excluding carboxylic acids is 1. The van der Waals surface area contributed by atoms with Crippen molar-refractivity contribution in [2.75, 3.05) is 19.8 Å². The van der Waals surface area contributed by atoms with E-state index < -0.39 is 0 Å². The zero-order chi connectivity index (χ0) is 11.7. The van der Waals surface area contributed by atoms with Gasteiger partial charge in [0, 0.05) is 6.92 Å². The van der Waals surface area contributed by atoms with E-state index in [0.29, 0.717) is 19.8 Å². The number of hydrogen-bond acceptors (Lipinski definition) is 4. The molecule has 0 N–H and O–H groups in total. The standard InChI is InChI=1S/C11H20O4/c1-5-6-13-7-9(2)14-8-10(3)15-11(4)12/h5,9-10H,1,6-8H2,2-4H3. The van der Waals surface area contributed by atoms with E-state index in [2.05, 4.69) is 6.58 Å².